The lowest BCUT2D eigenvalue weighted by Crippen LogP contribution is -2.28. The average molecular weight is 518 g/mol. The Kier molecular flexibility index (Phi) is 7.89. The van der Waals surface area contributed by atoms with Crippen molar-refractivity contribution < 1.29 is 29.0 Å². The van der Waals surface area contributed by atoms with Gasteiger partial charge in [0, 0.05) is 0 Å². The number of amides is 2. The largest absolute Gasteiger partial charge is 0.497 e. The number of amidine groups is 1. The minimum absolute atomic E-state index is 0.168. The molecule has 0 bridgehead atoms. The molecule has 0 aliphatic carbocycles. The lowest BCUT2D eigenvalue weighted by Gasteiger charge is -2.16. The highest BCUT2D eigenvalue weighted by Crippen LogP contribution is 2.35. The SMILES string of the molecule is COc1ccc(N=C2S/C(=C\c3ccc(OCC(N)=O)cc3)C(=O)N2Cc2ccc(C(=O)O)cc2)cc1. The summed E-state index contributed by atoms with van der Waals surface area (Å²) in [5.41, 5.74) is 7.45. The van der Waals surface area contributed by atoms with E-state index < -0.39 is 11.9 Å². The first-order chi connectivity index (χ1) is 17.8. The molecule has 0 aromatic heterocycles. The van der Waals surface area contributed by atoms with Crippen LogP contribution in [0.1, 0.15) is 21.5 Å². The van der Waals surface area contributed by atoms with Crippen LogP contribution in [0.25, 0.3) is 6.08 Å². The third kappa shape index (κ3) is 6.56. The van der Waals surface area contributed by atoms with Gasteiger partial charge in [0.1, 0.15) is 11.5 Å². The standard InChI is InChI=1S/C27H23N3O6S/c1-35-21-12-8-20(9-13-21)29-27-30(15-18-2-6-19(7-3-18)26(33)34)25(32)23(37-27)14-17-4-10-22(11-5-17)36-16-24(28)31/h2-14H,15-16H2,1H3,(H2,28,31)(H,33,34)/b23-14-,29-27?. The van der Waals surface area contributed by atoms with Gasteiger partial charge in [0.15, 0.2) is 11.8 Å². The minimum atomic E-state index is -1.02. The Labute approximate surface area is 217 Å². The third-order valence-electron chi connectivity index (χ3n) is 5.29. The smallest absolute Gasteiger partial charge is 0.335 e. The molecule has 37 heavy (non-hydrogen) atoms. The normalized spacial score (nSPS) is 15.3. The number of primary amides is 1. The van der Waals surface area contributed by atoms with Gasteiger partial charge in [-0.1, -0.05) is 24.3 Å². The van der Waals surface area contributed by atoms with Crippen LogP contribution < -0.4 is 15.2 Å². The van der Waals surface area contributed by atoms with Gasteiger partial charge in [0.2, 0.25) is 0 Å². The van der Waals surface area contributed by atoms with E-state index in [0.29, 0.717) is 27.3 Å². The zero-order valence-corrected chi connectivity index (χ0v) is 20.6. The summed E-state index contributed by atoms with van der Waals surface area (Å²) < 4.78 is 10.5. The molecule has 1 aliphatic heterocycles. The van der Waals surface area contributed by atoms with Crippen LogP contribution in [0.2, 0.25) is 0 Å². The molecule has 9 nitrogen and oxygen atoms in total. The monoisotopic (exact) mass is 517 g/mol. The highest BCUT2D eigenvalue weighted by molar-refractivity contribution is 8.18. The number of carbonyl (C=O) groups is 3. The zero-order valence-electron chi connectivity index (χ0n) is 19.8. The maximum absolute atomic E-state index is 13.4. The zero-order chi connectivity index (χ0) is 26.4. The predicted octanol–water partition coefficient (Wildman–Crippen LogP) is 4.06. The molecule has 0 unspecified atom stereocenters. The predicted molar refractivity (Wildman–Crippen MR) is 141 cm³/mol. The fourth-order valence-corrected chi connectivity index (χ4v) is 4.40. The first kappa shape index (κ1) is 25.5. The second-order valence-corrected chi connectivity index (χ2v) is 8.93. The van der Waals surface area contributed by atoms with Crippen molar-refractivity contribution >= 4 is 46.5 Å². The molecule has 1 aliphatic rings. The Morgan fingerprint density at radius 3 is 2.24 bits per heavy atom. The van der Waals surface area contributed by atoms with Gasteiger partial charge in [0.25, 0.3) is 11.8 Å². The summed E-state index contributed by atoms with van der Waals surface area (Å²) in [4.78, 5) is 42.2. The minimum Gasteiger partial charge on any atom is -0.497 e. The van der Waals surface area contributed by atoms with E-state index in [1.54, 1.807) is 78.7 Å². The first-order valence-corrected chi connectivity index (χ1v) is 11.9. The molecule has 0 saturated carbocycles. The summed E-state index contributed by atoms with van der Waals surface area (Å²) >= 11 is 1.24. The van der Waals surface area contributed by atoms with E-state index >= 15 is 0 Å². The molecule has 188 valence electrons. The van der Waals surface area contributed by atoms with E-state index in [9.17, 15) is 14.4 Å². The van der Waals surface area contributed by atoms with Crippen LogP contribution in [-0.2, 0) is 16.1 Å². The number of carboxylic acid groups (broad SMARTS) is 1. The molecule has 4 rings (SSSR count). The Hall–Kier alpha value is -4.57. The molecule has 1 saturated heterocycles. The number of thioether (sulfide) groups is 1. The number of aromatic carboxylic acids is 1. The van der Waals surface area contributed by atoms with Crippen LogP contribution in [0.3, 0.4) is 0 Å². The highest BCUT2D eigenvalue weighted by atomic mass is 32.2. The number of nitrogens with zero attached hydrogens (tertiary/aromatic N) is 2. The highest BCUT2D eigenvalue weighted by Gasteiger charge is 2.33. The summed E-state index contributed by atoms with van der Waals surface area (Å²) in [6.07, 6.45) is 1.75. The van der Waals surface area contributed by atoms with E-state index in [1.807, 2.05) is 0 Å². The van der Waals surface area contributed by atoms with E-state index in [1.165, 1.54) is 23.9 Å². The number of nitrogens with two attached hydrogens (primary N) is 1. The van der Waals surface area contributed by atoms with Gasteiger partial charge in [-0.05, 0) is 77.5 Å². The van der Waals surface area contributed by atoms with Gasteiger partial charge < -0.3 is 20.3 Å². The Morgan fingerprint density at radius 1 is 1.00 bits per heavy atom. The van der Waals surface area contributed by atoms with E-state index in [4.69, 9.17) is 20.3 Å². The lowest BCUT2D eigenvalue weighted by atomic mass is 10.1. The number of hydrogen-bond donors (Lipinski definition) is 2. The van der Waals surface area contributed by atoms with Crippen LogP contribution in [0.15, 0.2) is 82.7 Å². The van der Waals surface area contributed by atoms with Crippen molar-refractivity contribution in [1.82, 2.24) is 4.90 Å². The molecule has 0 atom stereocenters. The number of benzene rings is 3. The van der Waals surface area contributed by atoms with Crippen molar-refractivity contribution in [2.45, 2.75) is 6.54 Å². The molecule has 0 spiro atoms. The van der Waals surface area contributed by atoms with Gasteiger partial charge in [-0.2, -0.15) is 0 Å². The number of methoxy groups -OCH3 is 1. The van der Waals surface area contributed by atoms with Gasteiger partial charge in [-0.3, -0.25) is 14.5 Å². The van der Waals surface area contributed by atoms with Gasteiger partial charge in [-0.15, -0.1) is 0 Å². The summed E-state index contributed by atoms with van der Waals surface area (Å²) in [5.74, 6) is -0.635. The molecular weight excluding hydrogens is 494 g/mol. The summed E-state index contributed by atoms with van der Waals surface area (Å²) in [7, 11) is 1.58. The maximum atomic E-state index is 13.4. The number of rotatable bonds is 9. The number of ether oxygens (including phenoxy) is 2. The van der Waals surface area contributed by atoms with Crippen molar-refractivity contribution in [3.63, 3.8) is 0 Å². The molecule has 0 radical (unpaired) electrons. The maximum Gasteiger partial charge on any atom is 0.335 e. The molecule has 10 heteroatoms. The van der Waals surface area contributed by atoms with Crippen LogP contribution in [0.5, 0.6) is 11.5 Å². The van der Waals surface area contributed by atoms with Crippen molar-refractivity contribution in [2.75, 3.05) is 13.7 Å². The molecule has 1 heterocycles. The summed E-state index contributed by atoms with van der Waals surface area (Å²) in [5, 5.41) is 9.65. The molecule has 3 N–H and O–H groups in total. The van der Waals surface area contributed by atoms with E-state index in [-0.39, 0.29) is 24.6 Å². The number of hydrogen-bond acceptors (Lipinski definition) is 7. The van der Waals surface area contributed by atoms with Crippen LogP contribution in [-0.4, -0.2) is 46.7 Å². The third-order valence-corrected chi connectivity index (χ3v) is 6.29. The molecule has 1 fully saturated rings. The Bertz CT molecular complexity index is 1370. The van der Waals surface area contributed by atoms with Gasteiger partial charge in [-0.25, -0.2) is 9.79 Å². The van der Waals surface area contributed by atoms with Crippen LogP contribution >= 0.6 is 11.8 Å². The topological polar surface area (TPSA) is 132 Å². The fraction of sp³-hybridized carbons (Fsp3) is 0.111. The quantitative estimate of drug-likeness (QED) is 0.409. The Balaban J connectivity index is 1.61. The van der Waals surface area contributed by atoms with Crippen molar-refractivity contribution in [3.8, 4) is 11.5 Å². The molecular formula is C27H23N3O6S. The fourth-order valence-electron chi connectivity index (χ4n) is 3.40. The van der Waals surface area contributed by atoms with Crippen molar-refractivity contribution in [1.29, 1.82) is 0 Å². The van der Waals surface area contributed by atoms with Gasteiger partial charge >= 0.3 is 5.97 Å². The van der Waals surface area contributed by atoms with Crippen molar-refractivity contribution in [2.24, 2.45) is 10.7 Å². The molecule has 3 aromatic rings. The average Bonchev–Trinajstić information content (AvgIpc) is 3.17. The molecule has 2 amide bonds. The van der Waals surface area contributed by atoms with Crippen LogP contribution in [0, 0.1) is 0 Å². The summed E-state index contributed by atoms with van der Waals surface area (Å²) in [6, 6.07) is 20.4. The van der Waals surface area contributed by atoms with Crippen LogP contribution in [0.4, 0.5) is 5.69 Å². The van der Waals surface area contributed by atoms with Gasteiger partial charge in [0.05, 0.1) is 29.8 Å². The number of carboxylic acids is 1. The molecule has 3 aromatic carbocycles. The number of aliphatic imine (C=N–C) groups is 1. The number of carbonyl (C=O) groups excluding carboxylic acids is 2. The van der Waals surface area contributed by atoms with Crippen molar-refractivity contribution in [3.05, 3.63) is 94.4 Å². The Morgan fingerprint density at radius 2 is 1.65 bits per heavy atom. The first-order valence-electron chi connectivity index (χ1n) is 11.1. The van der Waals surface area contributed by atoms with E-state index in [2.05, 4.69) is 4.99 Å². The second kappa shape index (κ2) is 11.4. The van der Waals surface area contributed by atoms with E-state index in [0.717, 1.165) is 11.1 Å². The lowest BCUT2D eigenvalue weighted by molar-refractivity contribution is -0.122. The second-order valence-electron chi connectivity index (χ2n) is 7.92. The summed E-state index contributed by atoms with van der Waals surface area (Å²) in [6.45, 7) is 0.000315.